The van der Waals surface area contributed by atoms with Crippen molar-refractivity contribution in [3.63, 3.8) is 0 Å². The van der Waals surface area contributed by atoms with E-state index in [1.807, 2.05) is 51.1 Å². The number of fused-ring (bicyclic) bond motifs is 1. The Balaban J connectivity index is 1.77. The van der Waals surface area contributed by atoms with E-state index in [-0.39, 0.29) is 24.4 Å². The number of sulfonamides is 1. The molecule has 7 nitrogen and oxygen atoms in total. The smallest absolute Gasteiger partial charge is 0.241 e. The lowest BCUT2D eigenvalue weighted by Gasteiger charge is -2.26. The Labute approximate surface area is 178 Å². The highest BCUT2D eigenvalue weighted by atomic mass is 32.2. The average molecular weight is 433 g/mol. The molecule has 8 heteroatoms. The fourth-order valence-corrected chi connectivity index (χ4v) is 4.29. The van der Waals surface area contributed by atoms with Gasteiger partial charge in [0.1, 0.15) is 19.8 Å². The molecule has 2 aromatic carbocycles. The van der Waals surface area contributed by atoms with Crippen LogP contribution in [0.3, 0.4) is 0 Å². The van der Waals surface area contributed by atoms with E-state index in [9.17, 15) is 13.2 Å². The quantitative estimate of drug-likeness (QED) is 0.726. The summed E-state index contributed by atoms with van der Waals surface area (Å²) in [6.45, 7) is 6.52. The summed E-state index contributed by atoms with van der Waals surface area (Å²) in [6.07, 6.45) is 1.11. The molecule has 2 aromatic rings. The van der Waals surface area contributed by atoms with Crippen LogP contribution in [-0.2, 0) is 14.8 Å². The molecule has 1 heterocycles. The minimum atomic E-state index is -3.65. The van der Waals surface area contributed by atoms with Gasteiger partial charge in [0.2, 0.25) is 15.9 Å². The van der Waals surface area contributed by atoms with E-state index in [0.717, 1.165) is 21.7 Å². The van der Waals surface area contributed by atoms with Gasteiger partial charge in [-0.2, -0.15) is 0 Å². The highest BCUT2D eigenvalue weighted by Gasteiger charge is 2.25. The SMILES string of the molecule is CC(C)c1ccccc1N(CC(=O)NC(C)c1ccc2c(c1)OCCO2)S(C)(=O)=O. The van der Waals surface area contributed by atoms with Crippen LogP contribution in [0.5, 0.6) is 11.5 Å². The Morgan fingerprint density at radius 3 is 2.40 bits per heavy atom. The van der Waals surface area contributed by atoms with E-state index < -0.39 is 10.0 Å². The van der Waals surface area contributed by atoms with Crippen molar-refractivity contribution >= 4 is 21.6 Å². The molecular formula is C22H28N2O5S. The third-order valence-electron chi connectivity index (χ3n) is 4.96. The number of nitrogens with one attached hydrogen (secondary N) is 1. The number of carbonyl (C=O) groups is 1. The zero-order valence-electron chi connectivity index (χ0n) is 17.7. The van der Waals surface area contributed by atoms with Gasteiger partial charge in [-0.15, -0.1) is 0 Å². The molecule has 1 atom stereocenters. The molecule has 30 heavy (non-hydrogen) atoms. The van der Waals surface area contributed by atoms with Crippen LogP contribution in [-0.4, -0.2) is 40.3 Å². The van der Waals surface area contributed by atoms with Crippen molar-refractivity contribution in [3.8, 4) is 11.5 Å². The largest absolute Gasteiger partial charge is 0.486 e. The highest BCUT2D eigenvalue weighted by Crippen LogP contribution is 2.33. The normalized spacial score (nSPS) is 14.3. The van der Waals surface area contributed by atoms with E-state index in [0.29, 0.717) is 30.4 Å². The Morgan fingerprint density at radius 2 is 1.73 bits per heavy atom. The molecule has 0 aromatic heterocycles. The Morgan fingerprint density at radius 1 is 1.07 bits per heavy atom. The molecule has 0 fully saturated rings. The first-order valence-electron chi connectivity index (χ1n) is 9.92. The summed E-state index contributed by atoms with van der Waals surface area (Å²) in [4.78, 5) is 12.8. The van der Waals surface area contributed by atoms with E-state index >= 15 is 0 Å². The molecule has 0 spiro atoms. The van der Waals surface area contributed by atoms with Gasteiger partial charge in [0.15, 0.2) is 11.5 Å². The molecule has 1 unspecified atom stereocenters. The monoisotopic (exact) mass is 432 g/mol. The van der Waals surface area contributed by atoms with Crippen molar-refractivity contribution < 1.29 is 22.7 Å². The van der Waals surface area contributed by atoms with E-state index in [1.54, 1.807) is 12.1 Å². The van der Waals surface area contributed by atoms with Crippen molar-refractivity contribution in [2.75, 3.05) is 30.3 Å². The summed E-state index contributed by atoms with van der Waals surface area (Å²) in [7, 11) is -3.65. The highest BCUT2D eigenvalue weighted by molar-refractivity contribution is 7.92. The number of rotatable bonds is 7. The predicted molar refractivity (Wildman–Crippen MR) is 117 cm³/mol. The van der Waals surface area contributed by atoms with Crippen LogP contribution in [0.25, 0.3) is 0 Å². The first-order valence-corrected chi connectivity index (χ1v) is 11.8. The van der Waals surface area contributed by atoms with Gasteiger partial charge < -0.3 is 14.8 Å². The van der Waals surface area contributed by atoms with Crippen LogP contribution < -0.4 is 19.1 Å². The molecule has 1 N–H and O–H groups in total. The Bertz CT molecular complexity index is 1020. The molecule has 1 aliphatic rings. The predicted octanol–water partition coefficient (Wildman–Crippen LogP) is 3.22. The van der Waals surface area contributed by atoms with Crippen molar-refractivity contribution in [2.45, 2.75) is 32.7 Å². The molecular weight excluding hydrogens is 404 g/mol. The van der Waals surface area contributed by atoms with E-state index in [1.165, 1.54) is 0 Å². The molecule has 3 rings (SSSR count). The lowest BCUT2D eigenvalue weighted by Crippen LogP contribution is -2.41. The van der Waals surface area contributed by atoms with Gasteiger partial charge in [-0.25, -0.2) is 8.42 Å². The van der Waals surface area contributed by atoms with Gasteiger partial charge >= 0.3 is 0 Å². The number of amides is 1. The number of benzene rings is 2. The number of hydrogen-bond donors (Lipinski definition) is 1. The van der Waals surface area contributed by atoms with Gasteiger partial charge in [0, 0.05) is 0 Å². The second-order valence-electron chi connectivity index (χ2n) is 7.68. The number of para-hydroxylation sites is 1. The number of carbonyl (C=O) groups excluding carboxylic acids is 1. The number of ether oxygens (including phenoxy) is 2. The second kappa shape index (κ2) is 8.95. The number of hydrogen-bond acceptors (Lipinski definition) is 5. The van der Waals surface area contributed by atoms with Crippen molar-refractivity contribution in [1.82, 2.24) is 5.32 Å². The van der Waals surface area contributed by atoms with Crippen LogP contribution in [0, 0.1) is 0 Å². The summed E-state index contributed by atoms with van der Waals surface area (Å²) >= 11 is 0. The van der Waals surface area contributed by atoms with Gasteiger partial charge in [-0.05, 0) is 42.2 Å². The molecule has 0 saturated carbocycles. The third kappa shape index (κ3) is 5.05. The minimum absolute atomic E-state index is 0.116. The Hall–Kier alpha value is -2.74. The minimum Gasteiger partial charge on any atom is -0.486 e. The fourth-order valence-electron chi connectivity index (χ4n) is 3.41. The summed E-state index contributed by atoms with van der Waals surface area (Å²) in [5.41, 5.74) is 2.24. The van der Waals surface area contributed by atoms with Crippen LogP contribution in [0.4, 0.5) is 5.69 Å². The van der Waals surface area contributed by atoms with Crippen molar-refractivity contribution in [1.29, 1.82) is 0 Å². The van der Waals surface area contributed by atoms with Crippen LogP contribution in [0.2, 0.25) is 0 Å². The zero-order valence-corrected chi connectivity index (χ0v) is 18.5. The molecule has 0 aliphatic carbocycles. The molecule has 162 valence electrons. The summed E-state index contributed by atoms with van der Waals surface area (Å²) in [5.74, 6) is 1.05. The van der Waals surface area contributed by atoms with E-state index in [2.05, 4.69) is 5.32 Å². The fraction of sp³-hybridized carbons (Fsp3) is 0.409. The average Bonchev–Trinajstić information content (AvgIpc) is 2.70. The molecule has 1 amide bonds. The van der Waals surface area contributed by atoms with Crippen molar-refractivity contribution in [2.24, 2.45) is 0 Å². The van der Waals surface area contributed by atoms with Gasteiger partial charge in [-0.3, -0.25) is 9.10 Å². The first-order chi connectivity index (χ1) is 14.2. The summed E-state index contributed by atoms with van der Waals surface area (Å²) in [5, 5.41) is 2.88. The second-order valence-corrected chi connectivity index (χ2v) is 9.58. The molecule has 1 aliphatic heterocycles. The maximum atomic E-state index is 12.8. The third-order valence-corrected chi connectivity index (χ3v) is 6.09. The Kier molecular flexibility index (Phi) is 6.55. The summed E-state index contributed by atoms with van der Waals surface area (Å²) < 4.78 is 37.2. The maximum Gasteiger partial charge on any atom is 0.241 e. The maximum absolute atomic E-state index is 12.8. The van der Waals surface area contributed by atoms with Gasteiger partial charge in [-0.1, -0.05) is 38.1 Å². The molecule has 0 saturated heterocycles. The summed E-state index contributed by atoms with van der Waals surface area (Å²) in [6, 6.07) is 12.4. The van der Waals surface area contributed by atoms with Crippen LogP contribution in [0.15, 0.2) is 42.5 Å². The first kappa shape index (κ1) is 22.0. The van der Waals surface area contributed by atoms with Crippen molar-refractivity contribution in [3.05, 3.63) is 53.6 Å². The van der Waals surface area contributed by atoms with Gasteiger partial charge in [0.25, 0.3) is 0 Å². The number of nitrogens with zero attached hydrogens (tertiary/aromatic N) is 1. The zero-order chi connectivity index (χ0) is 21.9. The van der Waals surface area contributed by atoms with Gasteiger partial charge in [0.05, 0.1) is 18.0 Å². The lowest BCUT2D eigenvalue weighted by atomic mass is 10.0. The molecule has 0 bridgehead atoms. The molecule has 0 radical (unpaired) electrons. The standard InChI is InChI=1S/C22H28N2O5S/c1-15(2)18-7-5-6-8-19(18)24(30(4,26)27)14-22(25)23-16(3)17-9-10-20-21(13-17)29-12-11-28-20/h5-10,13,15-16H,11-12,14H2,1-4H3,(H,23,25). The van der Waals surface area contributed by atoms with Crippen LogP contribution >= 0.6 is 0 Å². The van der Waals surface area contributed by atoms with Crippen LogP contribution in [0.1, 0.15) is 43.9 Å². The topological polar surface area (TPSA) is 84.9 Å². The van der Waals surface area contributed by atoms with E-state index in [4.69, 9.17) is 9.47 Å². The lowest BCUT2D eigenvalue weighted by molar-refractivity contribution is -0.120. The number of anilines is 1.